The van der Waals surface area contributed by atoms with Gasteiger partial charge in [-0.05, 0) is 31.4 Å². The van der Waals surface area contributed by atoms with E-state index in [-0.39, 0.29) is 11.9 Å². The van der Waals surface area contributed by atoms with Crippen molar-refractivity contribution in [3.8, 4) is 0 Å². The summed E-state index contributed by atoms with van der Waals surface area (Å²) in [6, 6.07) is 3.74. The molecule has 0 saturated heterocycles. The van der Waals surface area contributed by atoms with Crippen LogP contribution in [-0.4, -0.2) is 23.5 Å². The Kier molecular flexibility index (Phi) is 5.62. The molecular weight excluding hydrogens is 226 g/mol. The molecule has 1 heterocycles. The summed E-state index contributed by atoms with van der Waals surface area (Å²) in [5.74, 6) is 1.15. The average Bonchev–Trinajstić information content (AvgIpc) is 2.36. The summed E-state index contributed by atoms with van der Waals surface area (Å²) in [6.45, 7) is 9.11. The zero-order valence-corrected chi connectivity index (χ0v) is 11.7. The number of rotatable bonds is 6. The first-order chi connectivity index (χ1) is 8.58. The second-order valence-electron chi connectivity index (χ2n) is 4.69. The first-order valence-electron chi connectivity index (χ1n) is 6.59. The van der Waals surface area contributed by atoms with Crippen molar-refractivity contribution in [2.24, 2.45) is 5.92 Å². The van der Waals surface area contributed by atoms with Crippen LogP contribution in [0.25, 0.3) is 0 Å². The summed E-state index contributed by atoms with van der Waals surface area (Å²) in [4.78, 5) is 16.3. The third-order valence-electron chi connectivity index (χ3n) is 2.94. The first-order valence-corrected chi connectivity index (χ1v) is 6.59. The van der Waals surface area contributed by atoms with Gasteiger partial charge in [0.25, 0.3) is 5.91 Å². The molecule has 1 aromatic heterocycles. The smallest absolute Gasteiger partial charge is 0.251 e. The molecule has 0 aromatic carbocycles. The molecule has 0 aliphatic carbocycles. The lowest BCUT2D eigenvalue weighted by atomic mass is 10.0. The predicted octanol–water partition coefficient (Wildman–Crippen LogP) is 2.68. The van der Waals surface area contributed by atoms with Crippen LogP contribution < -0.4 is 10.6 Å². The minimum absolute atomic E-state index is 0.0305. The predicted molar refractivity (Wildman–Crippen MR) is 74.8 cm³/mol. The van der Waals surface area contributed by atoms with E-state index in [1.54, 1.807) is 18.3 Å². The van der Waals surface area contributed by atoms with Gasteiger partial charge >= 0.3 is 0 Å². The van der Waals surface area contributed by atoms with E-state index in [1.807, 2.05) is 6.92 Å². The van der Waals surface area contributed by atoms with Crippen molar-refractivity contribution in [2.75, 3.05) is 11.9 Å². The Morgan fingerprint density at radius 1 is 1.39 bits per heavy atom. The minimum Gasteiger partial charge on any atom is -0.370 e. The van der Waals surface area contributed by atoms with Crippen molar-refractivity contribution in [1.82, 2.24) is 10.3 Å². The zero-order chi connectivity index (χ0) is 13.5. The van der Waals surface area contributed by atoms with Crippen LogP contribution in [0, 0.1) is 5.92 Å². The van der Waals surface area contributed by atoms with Crippen LogP contribution in [0.3, 0.4) is 0 Å². The number of pyridine rings is 1. The molecule has 4 nitrogen and oxygen atoms in total. The number of hydrogen-bond acceptors (Lipinski definition) is 3. The molecule has 18 heavy (non-hydrogen) atoms. The number of carbonyl (C=O) groups is 1. The summed E-state index contributed by atoms with van der Waals surface area (Å²) in [5.41, 5.74) is 0.653. The van der Waals surface area contributed by atoms with Crippen molar-refractivity contribution in [1.29, 1.82) is 0 Å². The normalized spacial score (nSPS) is 12.3. The van der Waals surface area contributed by atoms with E-state index in [2.05, 4.69) is 36.4 Å². The molecule has 2 N–H and O–H groups in total. The van der Waals surface area contributed by atoms with Crippen molar-refractivity contribution in [3.63, 3.8) is 0 Å². The molecule has 0 radical (unpaired) electrons. The molecule has 1 amide bonds. The summed E-state index contributed by atoms with van der Waals surface area (Å²) < 4.78 is 0. The highest BCUT2D eigenvalue weighted by molar-refractivity contribution is 5.95. The number of nitrogens with zero attached hydrogens (tertiary/aromatic N) is 1. The average molecular weight is 249 g/mol. The van der Waals surface area contributed by atoms with Crippen LogP contribution in [-0.2, 0) is 0 Å². The Bertz CT molecular complexity index is 390. The fourth-order valence-corrected chi connectivity index (χ4v) is 1.84. The van der Waals surface area contributed by atoms with E-state index in [4.69, 9.17) is 0 Å². The Balaban J connectivity index is 2.74. The van der Waals surface area contributed by atoms with E-state index in [1.165, 1.54) is 0 Å². The maximum absolute atomic E-state index is 12.1. The van der Waals surface area contributed by atoms with Crippen LogP contribution in [0.2, 0.25) is 0 Å². The van der Waals surface area contributed by atoms with Gasteiger partial charge in [-0.1, -0.05) is 20.8 Å². The molecule has 1 aromatic rings. The molecular formula is C14H23N3O. The molecule has 0 aliphatic rings. The van der Waals surface area contributed by atoms with E-state index in [9.17, 15) is 4.79 Å². The van der Waals surface area contributed by atoms with Gasteiger partial charge < -0.3 is 10.6 Å². The summed E-state index contributed by atoms with van der Waals surface area (Å²) in [5, 5.41) is 6.16. The highest BCUT2D eigenvalue weighted by Gasteiger charge is 2.15. The third-order valence-corrected chi connectivity index (χ3v) is 2.94. The van der Waals surface area contributed by atoms with Crippen LogP contribution in [0.4, 0.5) is 5.82 Å². The maximum Gasteiger partial charge on any atom is 0.251 e. The maximum atomic E-state index is 12.1. The number of nitrogens with one attached hydrogen (secondary N) is 2. The molecule has 0 bridgehead atoms. The van der Waals surface area contributed by atoms with Crippen molar-refractivity contribution in [3.05, 3.63) is 23.9 Å². The lowest BCUT2D eigenvalue weighted by molar-refractivity contribution is 0.0924. The second-order valence-corrected chi connectivity index (χ2v) is 4.69. The Morgan fingerprint density at radius 3 is 2.67 bits per heavy atom. The van der Waals surface area contributed by atoms with Crippen molar-refractivity contribution in [2.45, 2.75) is 40.2 Å². The van der Waals surface area contributed by atoms with Gasteiger partial charge in [0.2, 0.25) is 0 Å². The largest absolute Gasteiger partial charge is 0.370 e. The van der Waals surface area contributed by atoms with E-state index < -0.39 is 0 Å². The fourth-order valence-electron chi connectivity index (χ4n) is 1.84. The molecule has 0 saturated carbocycles. The molecule has 1 unspecified atom stereocenters. The number of carbonyl (C=O) groups excluding carboxylic acids is 1. The summed E-state index contributed by atoms with van der Waals surface area (Å²) in [6.07, 6.45) is 2.60. The van der Waals surface area contributed by atoms with Crippen LogP contribution in [0.1, 0.15) is 44.5 Å². The number of anilines is 1. The van der Waals surface area contributed by atoms with Gasteiger partial charge in [0, 0.05) is 24.3 Å². The van der Waals surface area contributed by atoms with Gasteiger partial charge in [0.1, 0.15) is 5.82 Å². The molecule has 100 valence electrons. The van der Waals surface area contributed by atoms with Crippen LogP contribution in [0.15, 0.2) is 18.3 Å². The molecule has 1 rings (SSSR count). The summed E-state index contributed by atoms with van der Waals surface area (Å²) in [7, 11) is 0. The van der Waals surface area contributed by atoms with Gasteiger partial charge in [-0.3, -0.25) is 4.79 Å². The summed E-state index contributed by atoms with van der Waals surface area (Å²) >= 11 is 0. The number of hydrogen-bond donors (Lipinski definition) is 2. The highest BCUT2D eigenvalue weighted by atomic mass is 16.1. The van der Waals surface area contributed by atoms with Gasteiger partial charge in [-0.25, -0.2) is 4.98 Å². The van der Waals surface area contributed by atoms with Crippen LogP contribution >= 0.6 is 0 Å². The lowest BCUT2D eigenvalue weighted by Gasteiger charge is -2.20. The second kappa shape index (κ2) is 6.99. The topological polar surface area (TPSA) is 54.0 Å². The molecule has 0 spiro atoms. The minimum atomic E-state index is -0.0305. The molecule has 4 heteroatoms. The van der Waals surface area contributed by atoms with Gasteiger partial charge in [0.05, 0.1) is 0 Å². The van der Waals surface area contributed by atoms with E-state index in [0.717, 1.165) is 18.8 Å². The van der Waals surface area contributed by atoms with Gasteiger partial charge in [-0.2, -0.15) is 0 Å². The Labute approximate surface area is 109 Å². The van der Waals surface area contributed by atoms with Gasteiger partial charge in [-0.15, -0.1) is 0 Å². The highest BCUT2D eigenvalue weighted by Crippen LogP contribution is 2.10. The SMILES string of the molecule is CCNc1cc(C(=O)NC(CC)C(C)C)ccn1. The van der Waals surface area contributed by atoms with E-state index in [0.29, 0.717) is 11.5 Å². The fraction of sp³-hybridized carbons (Fsp3) is 0.571. The Morgan fingerprint density at radius 2 is 2.11 bits per heavy atom. The van der Waals surface area contributed by atoms with Crippen molar-refractivity contribution >= 4 is 11.7 Å². The third kappa shape index (κ3) is 4.02. The molecule has 0 fully saturated rings. The monoisotopic (exact) mass is 249 g/mol. The number of amides is 1. The molecule has 0 aliphatic heterocycles. The van der Waals surface area contributed by atoms with E-state index >= 15 is 0 Å². The van der Waals surface area contributed by atoms with Crippen molar-refractivity contribution < 1.29 is 4.79 Å². The standard InChI is InChI=1S/C14H23N3O/c1-5-12(10(3)4)17-14(18)11-7-8-16-13(9-11)15-6-2/h7-10,12H,5-6H2,1-4H3,(H,15,16)(H,17,18). The number of aromatic nitrogens is 1. The quantitative estimate of drug-likeness (QED) is 0.815. The van der Waals surface area contributed by atoms with Crippen LogP contribution in [0.5, 0.6) is 0 Å². The molecule has 1 atom stereocenters. The first kappa shape index (κ1) is 14.5. The Hall–Kier alpha value is -1.58. The van der Waals surface area contributed by atoms with Gasteiger partial charge in [0.15, 0.2) is 0 Å². The lowest BCUT2D eigenvalue weighted by Crippen LogP contribution is -2.38. The zero-order valence-electron chi connectivity index (χ0n) is 11.7.